The normalized spacial score (nSPS) is 30.2. The molecule has 3 aliphatic rings. The van der Waals surface area contributed by atoms with E-state index >= 15 is 0 Å². The van der Waals surface area contributed by atoms with E-state index in [-0.39, 0.29) is 17.5 Å². The molecule has 0 radical (unpaired) electrons. The molecule has 0 bridgehead atoms. The highest BCUT2D eigenvalue weighted by Gasteiger charge is 2.50. The molecule has 124 valence electrons. The van der Waals surface area contributed by atoms with E-state index in [0.717, 1.165) is 58.2 Å². The van der Waals surface area contributed by atoms with E-state index in [4.69, 9.17) is 0 Å². The maximum Gasteiger partial charge on any atom is 0.241 e. The zero-order valence-corrected chi connectivity index (χ0v) is 13.9. The number of Topliss-reactive ketones (excluding diaryl/α,β-unsaturated/α-hetero) is 1. The second-order valence-electron chi connectivity index (χ2n) is 7.58. The molecule has 22 heavy (non-hydrogen) atoms. The van der Waals surface area contributed by atoms with Crippen molar-refractivity contribution in [2.75, 3.05) is 26.3 Å². The standard InChI is InChI=1S/C17H29N3O2/c1-13(2)11-20-12-18-16(22)17(20)7-9-19(10-8-17)14-5-3-4-6-15(14)21/h13-14H,3-12H2,1-2H3,(H,18,22). The van der Waals surface area contributed by atoms with Gasteiger partial charge in [0.05, 0.1) is 12.7 Å². The van der Waals surface area contributed by atoms with Gasteiger partial charge in [-0.25, -0.2) is 0 Å². The van der Waals surface area contributed by atoms with Crippen molar-refractivity contribution in [1.82, 2.24) is 15.1 Å². The van der Waals surface area contributed by atoms with Crippen LogP contribution < -0.4 is 5.32 Å². The fourth-order valence-electron chi connectivity index (χ4n) is 4.41. The Labute approximate surface area is 133 Å². The highest BCUT2D eigenvalue weighted by molar-refractivity contribution is 5.88. The first-order valence-corrected chi connectivity index (χ1v) is 8.83. The van der Waals surface area contributed by atoms with Gasteiger partial charge in [-0.15, -0.1) is 0 Å². The van der Waals surface area contributed by atoms with E-state index in [1.54, 1.807) is 0 Å². The largest absolute Gasteiger partial charge is 0.342 e. The van der Waals surface area contributed by atoms with Crippen LogP contribution in [-0.4, -0.2) is 59.4 Å². The van der Waals surface area contributed by atoms with Crippen molar-refractivity contribution in [2.45, 2.75) is 64.0 Å². The summed E-state index contributed by atoms with van der Waals surface area (Å²) in [6, 6.07) is 0.120. The van der Waals surface area contributed by atoms with Crippen molar-refractivity contribution in [2.24, 2.45) is 5.92 Å². The molecule has 2 aliphatic heterocycles. The lowest BCUT2D eigenvalue weighted by molar-refractivity contribution is -0.132. The lowest BCUT2D eigenvalue weighted by atomic mass is 9.83. The maximum absolute atomic E-state index is 12.5. The molecule has 3 fully saturated rings. The Morgan fingerprint density at radius 3 is 2.59 bits per heavy atom. The molecule has 0 aromatic heterocycles. The highest BCUT2D eigenvalue weighted by atomic mass is 16.2. The summed E-state index contributed by atoms with van der Waals surface area (Å²) in [5, 5.41) is 3.04. The molecule has 0 aromatic carbocycles. The van der Waals surface area contributed by atoms with Gasteiger partial charge < -0.3 is 5.32 Å². The fourth-order valence-corrected chi connectivity index (χ4v) is 4.41. The van der Waals surface area contributed by atoms with Gasteiger partial charge in [0.25, 0.3) is 0 Å². The molecular formula is C17H29N3O2. The summed E-state index contributed by atoms with van der Waals surface area (Å²) in [5.41, 5.74) is -0.321. The first-order chi connectivity index (χ1) is 10.5. The molecule has 2 heterocycles. The Hall–Kier alpha value is -0.940. The average Bonchev–Trinajstić information content (AvgIpc) is 2.78. The van der Waals surface area contributed by atoms with Crippen LogP contribution in [0.1, 0.15) is 52.4 Å². The van der Waals surface area contributed by atoms with Crippen LogP contribution in [0.25, 0.3) is 0 Å². The summed E-state index contributed by atoms with van der Waals surface area (Å²) < 4.78 is 0. The van der Waals surface area contributed by atoms with E-state index in [1.807, 2.05) is 0 Å². The lowest BCUT2D eigenvalue weighted by Crippen LogP contribution is -2.59. The van der Waals surface area contributed by atoms with Crippen LogP contribution in [-0.2, 0) is 9.59 Å². The van der Waals surface area contributed by atoms with Gasteiger partial charge in [-0.3, -0.25) is 19.4 Å². The molecule has 1 saturated carbocycles. The third-order valence-electron chi connectivity index (χ3n) is 5.63. The van der Waals surface area contributed by atoms with Crippen molar-refractivity contribution in [1.29, 1.82) is 0 Å². The van der Waals surface area contributed by atoms with E-state index in [1.165, 1.54) is 0 Å². The van der Waals surface area contributed by atoms with Crippen LogP contribution in [0.3, 0.4) is 0 Å². The molecule has 1 aliphatic carbocycles. The van der Waals surface area contributed by atoms with Crippen molar-refractivity contribution >= 4 is 11.7 Å². The quantitative estimate of drug-likeness (QED) is 0.856. The number of nitrogens with zero attached hydrogens (tertiary/aromatic N) is 2. The molecule has 1 spiro atoms. The highest BCUT2D eigenvalue weighted by Crippen LogP contribution is 2.34. The average molecular weight is 307 g/mol. The molecule has 5 heteroatoms. The SMILES string of the molecule is CC(C)CN1CNC(=O)C12CCN(C1CCCCC1=O)CC2. The fraction of sp³-hybridized carbons (Fsp3) is 0.882. The van der Waals surface area contributed by atoms with E-state index in [2.05, 4.69) is 29.0 Å². The molecule has 1 N–H and O–H groups in total. The van der Waals surface area contributed by atoms with Gasteiger partial charge in [0, 0.05) is 26.1 Å². The maximum atomic E-state index is 12.5. The van der Waals surface area contributed by atoms with Gasteiger partial charge in [-0.05, 0) is 31.6 Å². The van der Waals surface area contributed by atoms with Crippen molar-refractivity contribution in [3.8, 4) is 0 Å². The summed E-state index contributed by atoms with van der Waals surface area (Å²) in [6.07, 6.45) is 5.68. The Morgan fingerprint density at radius 2 is 1.95 bits per heavy atom. The zero-order chi connectivity index (χ0) is 15.7. The number of carbonyl (C=O) groups is 2. The minimum atomic E-state index is -0.321. The molecule has 3 rings (SSSR count). The molecular weight excluding hydrogens is 278 g/mol. The Balaban J connectivity index is 1.66. The second kappa shape index (κ2) is 6.28. The summed E-state index contributed by atoms with van der Waals surface area (Å²) in [6.45, 7) is 7.79. The van der Waals surface area contributed by atoms with Crippen molar-refractivity contribution in [3.63, 3.8) is 0 Å². The number of ketones is 1. The van der Waals surface area contributed by atoms with Crippen molar-refractivity contribution in [3.05, 3.63) is 0 Å². The number of amides is 1. The van der Waals surface area contributed by atoms with Gasteiger partial charge in [-0.1, -0.05) is 20.3 Å². The summed E-state index contributed by atoms with van der Waals surface area (Å²) in [7, 11) is 0. The number of piperidine rings is 1. The van der Waals surface area contributed by atoms with Gasteiger partial charge in [0.2, 0.25) is 5.91 Å². The number of rotatable bonds is 3. The molecule has 5 nitrogen and oxygen atoms in total. The van der Waals surface area contributed by atoms with E-state index in [0.29, 0.717) is 18.4 Å². The van der Waals surface area contributed by atoms with Gasteiger partial charge in [-0.2, -0.15) is 0 Å². The molecule has 1 atom stereocenters. The van der Waals surface area contributed by atoms with E-state index in [9.17, 15) is 9.59 Å². The molecule has 1 unspecified atom stereocenters. The Morgan fingerprint density at radius 1 is 1.23 bits per heavy atom. The van der Waals surface area contributed by atoms with Crippen LogP contribution >= 0.6 is 0 Å². The second-order valence-corrected chi connectivity index (χ2v) is 7.58. The third-order valence-corrected chi connectivity index (χ3v) is 5.63. The predicted molar refractivity (Wildman–Crippen MR) is 85.4 cm³/mol. The van der Waals surface area contributed by atoms with Crippen LogP contribution in [0.2, 0.25) is 0 Å². The van der Waals surface area contributed by atoms with E-state index < -0.39 is 0 Å². The van der Waals surface area contributed by atoms with Gasteiger partial charge in [0.1, 0.15) is 11.3 Å². The first-order valence-electron chi connectivity index (χ1n) is 8.83. The lowest BCUT2D eigenvalue weighted by Gasteiger charge is -2.45. The molecule has 0 aromatic rings. The van der Waals surface area contributed by atoms with Crippen LogP contribution in [0.5, 0.6) is 0 Å². The summed E-state index contributed by atoms with van der Waals surface area (Å²) >= 11 is 0. The monoisotopic (exact) mass is 307 g/mol. The smallest absolute Gasteiger partial charge is 0.241 e. The van der Waals surface area contributed by atoms with Gasteiger partial charge >= 0.3 is 0 Å². The number of hydrogen-bond donors (Lipinski definition) is 1. The van der Waals surface area contributed by atoms with Crippen LogP contribution in [0.4, 0.5) is 0 Å². The van der Waals surface area contributed by atoms with Crippen LogP contribution in [0.15, 0.2) is 0 Å². The minimum absolute atomic E-state index is 0.120. The number of nitrogens with one attached hydrogen (secondary N) is 1. The van der Waals surface area contributed by atoms with Crippen LogP contribution in [0, 0.1) is 5.92 Å². The third kappa shape index (κ3) is 2.81. The Kier molecular flexibility index (Phi) is 4.55. The number of carbonyl (C=O) groups excluding carboxylic acids is 2. The summed E-state index contributed by atoms with van der Waals surface area (Å²) in [5.74, 6) is 1.17. The minimum Gasteiger partial charge on any atom is -0.342 e. The predicted octanol–water partition coefficient (Wildman–Crippen LogP) is 1.38. The molecule has 1 amide bonds. The zero-order valence-electron chi connectivity index (χ0n) is 13.9. The van der Waals surface area contributed by atoms with Gasteiger partial charge in [0.15, 0.2) is 0 Å². The summed E-state index contributed by atoms with van der Waals surface area (Å²) in [4.78, 5) is 29.3. The number of likely N-dealkylation sites (tertiary alicyclic amines) is 1. The Bertz CT molecular complexity index is 441. The molecule has 2 saturated heterocycles. The van der Waals surface area contributed by atoms with Crippen molar-refractivity contribution < 1.29 is 9.59 Å². The number of hydrogen-bond acceptors (Lipinski definition) is 4. The first kappa shape index (κ1) is 15.9. The topological polar surface area (TPSA) is 52.7 Å².